The molecule has 0 rings (SSSR count). The average molecular weight is 1180 g/mol. The topological polar surface area (TPSA) is 72.5 Å². The van der Waals surface area contributed by atoms with Crippen LogP contribution in [-0.4, -0.2) is 149 Å². The first-order valence-corrected chi connectivity index (χ1v) is 32.0. The molecule has 0 aliphatic rings. The number of halogens is 24. The molecule has 0 spiro atoms. The van der Waals surface area contributed by atoms with Gasteiger partial charge in [-0.1, -0.05) is 34.3 Å². The summed E-state index contributed by atoms with van der Waals surface area (Å²) in [6, 6.07) is 0. The average Bonchev–Trinajstić information content (AvgIpc) is 3.23. The number of ether oxygens (including phenoxy) is 3. The summed E-state index contributed by atoms with van der Waals surface area (Å²) in [6.07, 6.45) is -47.1. The number of hydrogen-bond acceptors (Lipinski definition) is 7. The Kier molecular flexibility index (Phi) is 24.6. The first kappa shape index (κ1) is 70.4. The van der Waals surface area contributed by atoms with E-state index in [9.17, 15) is 97.0 Å². The monoisotopic (exact) mass is 1180 g/mol. The maximum atomic E-state index is 15.3. The van der Waals surface area contributed by atoms with E-state index in [0.29, 0.717) is 0 Å². The maximum Gasteiger partial charge on any atom is 0.481 e. The molecule has 10 unspecified atom stereocenters. The zero-order valence-corrected chi connectivity index (χ0v) is 44.0. The molecule has 35 heteroatoms. The number of ketones is 1. The quantitative estimate of drug-likeness (QED) is 0.0361. The lowest BCUT2D eigenvalue weighted by molar-refractivity contribution is -0.323. The van der Waals surface area contributed by atoms with Gasteiger partial charge in [0.1, 0.15) is 0 Å². The summed E-state index contributed by atoms with van der Waals surface area (Å²) >= 11 is 0. The summed E-state index contributed by atoms with van der Waals surface area (Å²) < 4.78 is 372. The van der Waals surface area contributed by atoms with Crippen LogP contribution in [0.4, 0.5) is 105 Å². The molecule has 0 saturated carbocycles. The molecule has 0 N–H and O–H groups in total. The lowest BCUT2D eigenvalue weighted by Gasteiger charge is -2.51. The number of rotatable bonds is 34. The van der Waals surface area contributed by atoms with Crippen LogP contribution >= 0.6 is 0 Å². The minimum absolute atomic E-state index is 0.524. The molecule has 0 aromatic carbocycles. The van der Waals surface area contributed by atoms with Crippen molar-refractivity contribution in [2.24, 2.45) is 0 Å². The van der Waals surface area contributed by atoms with Crippen molar-refractivity contribution in [1.29, 1.82) is 0 Å². The van der Waals surface area contributed by atoms with E-state index in [1.54, 1.807) is 0 Å². The highest BCUT2D eigenvalue weighted by Crippen LogP contribution is 2.49. The Labute approximate surface area is 402 Å². The Morgan fingerprint density at radius 2 is 0.625 bits per heavy atom. The number of alkyl halides is 24. The molecule has 0 aromatic heterocycles. The standard InChI is InChI=1S/C37H56F24O7Si4/c1-13-18(22(62)17(5)6)72(66-69(7,8)19(14-2)63-29(47)35(56,57)32(50,51)23(38)26(41)42,67-70(9,10)20(15-3)64-30(48)36(58,59)33(52,53)24(39)27(43)44)68-71(11,12)21(16-4)65-31(49)37(60,61)34(54,55)25(40)28(45)46/h18-21,23-31H,5,13-16H2,1-4,6-12H3. The smallest absolute Gasteiger partial charge is 0.414 e. The van der Waals surface area contributed by atoms with Gasteiger partial charge >= 0.3 is 44.3 Å². The van der Waals surface area contributed by atoms with Crippen LogP contribution in [0.1, 0.15) is 60.3 Å². The lowest BCUT2D eigenvalue weighted by Crippen LogP contribution is -2.71. The second-order valence-electron chi connectivity index (χ2n) is 17.8. The molecule has 7 nitrogen and oxygen atoms in total. The fourth-order valence-electron chi connectivity index (χ4n) is 6.89. The molecular weight excluding hydrogens is 1120 g/mol. The molecule has 10 atom stereocenters. The van der Waals surface area contributed by atoms with E-state index in [1.165, 1.54) is 0 Å². The summed E-state index contributed by atoms with van der Waals surface area (Å²) in [6.45, 7) is 13.2. The Balaban J connectivity index is 8.52. The van der Waals surface area contributed by atoms with E-state index in [1.807, 2.05) is 0 Å². The molecule has 0 aliphatic heterocycles. The highest BCUT2D eigenvalue weighted by atomic mass is 28.5. The number of hydrogen-bond donors (Lipinski definition) is 0. The third-order valence-corrected chi connectivity index (χ3v) is 28.5. The molecule has 0 saturated heterocycles. The number of Topliss-reactive ketones (excluding diaryl/α,β-unsaturated/α-hetero) is 1. The highest BCUT2D eigenvalue weighted by Gasteiger charge is 2.73. The van der Waals surface area contributed by atoms with Crippen LogP contribution in [0.25, 0.3) is 0 Å². The van der Waals surface area contributed by atoms with Gasteiger partial charge in [-0.3, -0.25) is 4.79 Å². The molecule has 0 heterocycles. The van der Waals surface area contributed by atoms with Crippen molar-refractivity contribution < 1.29 is 137 Å². The van der Waals surface area contributed by atoms with E-state index in [-0.39, 0.29) is 0 Å². The molecule has 72 heavy (non-hydrogen) atoms. The minimum Gasteiger partial charge on any atom is -0.414 e. The van der Waals surface area contributed by atoms with Crippen molar-refractivity contribution in [2.75, 3.05) is 0 Å². The molecule has 0 amide bonds. The van der Waals surface area contributed by atoms with E-state index < -0.39 is 186 Å². The molecule has 0 aromatic rings. The fraction of sp³-hybridized carbons (Fsp3) is 0.919. The molecule has 430 valence electrons. The summed E-state index contributed by atoms with van der Waals surface area (Å²) in [5.74, 6) is -40.2. The SMILES string of the molecule is C=C(C)C(=O)C(CC)[Si](O[Si](C)(C)C(CC)OC(F)C(F)(F)C(F)(F)C(F)C(F)F)(O[Si](C)(C)C(CC)OC(F)C(F)(F)C(F)(F)C(F)C(F)F)O[Si](C)(C)C(CC)OC(F)C(F)(F)C(F)(F)C(F)C(F)F. The van der Waals surface area contributed by atoms with Crippen LogP contribution in [0.3, 0.4) is 0 Å². The molecular formula is C37H56F24O7Si4. The van der Waals surface area contributed by atoms with Crippen molar-refractivity contribution in [3.8, 4) is 0 Å². The Bertz CT molecular complexity index is 1570. The molecule has 0 fully saturated rings. The predicted molar refractivity (Wildman–Crippen MR) is 218 cm³/mol. The van der Waals surface area contributed by atoms with Crippen LogP contribution < -0.4 is 0 Å². The van der Waals surface area contributed by atoms with Gasteiger partial charge in [-0.15, -0.1) is 0 Å². The zero-order chi connectivity index (χ0) is 57.7. The summed E-state index contributed by atoms with van der Waals surface area (Å²) in [4.78, 5) is 14.1. The number of allylic oxidation sites excluding steroid dienone is 1. The van der Waals surface area contributed by atoms with Gasteiger partial charge in [-0.25, -0.2) is 52.7 Å². The maximum absolute atomic E-state index is 15.3. The van der Waals surface area contributed by atoms with Gasteiger partial charge in [0.15, 0.2) is 5.78 Å². The number of carbonyl (C=O) groups excluding carboxylic acids is 1. The molecule has 0 aliphatic carbocycles. The summed E-state index contributed by atoms with van der Waals surface area (Å²) in [5, 5.41) is 0. The molecule has 0 bridgehead atoms. The fourth-order valence-corrected chi connectivity index (χ4v) is 26.0. The first-order valence-electron chi connectivity index (χ1n) is 21.2. The van der Waals surface area contributed by atoms with Crippen molar-refractivity contribution in [3.63, 3.8) is 0 Å². The summed E-state index contributed by atoms with van der Waals surface area (Å²) in [7, 11) is -20.7. The van der Waals surface area contributed by atoms with Crippen molar-refractivity contribution in [2.45, 2.75) is 215 Å². The van der Waals surface area contributed by atoms with Crippen molar-refractivity contribution >= 4 is 39.5 Å². The third-order valence-electron chi connectivity index (χ3n) is 11.0. The van der Waals surface area contributed by atoms with Crippen LogP contribution in [0.2, 0.25) is 44.8 Å². The normalized spacial score (nSPS) is 19.6. The lowest BCUT2D eigenvalue weighted by atomic mass is 10.1. The second kappa shape index (κ2) is 25.2. The van der Waals surface area contributed by atoms with Gasteiger partial charge in [0.05, 0.1) is 22.7 Å². The second-order valence-corrected chi connectivity index (χ2v) is 33.7. The van der Waals surface area contributed by atoms with Gasteiger partial charge in [0, 0.05) is 0 Å². The van der Waals surface area contributed by atoms with Gasteiger partial charge in [-0.05, 0) is 77.5 Å². The van der Waals surface area contributed by atoms with Gasteiger partial charge < -0.3 is 26.6 Å². The Morgan fingerprint density at radius 1 is 0.417 bits per heavy atom. The van der Waals surface area contributed by atoms with E-state index in [0.717, 1.165) is 73.9 Å². The highest BCUT2D eigenvalue weighted by molar-refractivity contribution is 6.93. The zero-order valence-electron chi connectivity index (χ0n) is 40.0. The van der Waals surface area contributed by atoms with E-state index in [2.05, 4.69) is 20.8 Å². The Hall–Kier alpha value is -1.64. The van der Waals surface area contributed by atoms with Gasteiger partial charge in [0.25, 0.3) is 38.3 Å². The van der Waals surface area contributed by atoms with E-state index >= 15 is 13.2 Å². The minimum atomic E-state index is -6.52. The predicted octanol–water partition coefficient (Wildman–Crippen LogP) is 14.0. The third kappa shape index (κ3) is 15.1. The van der Waals surface area contributed by atoms with Crippen molar-refractivity contribution in [3.05, 3.63) is 12.2 Å². The van der Waals surface area contributed by atoms with Crippen LogP contribution in [0, 0.1) is 0 Å². The number of carbonyl (C=O) groups is 1. The summed E-state index contributed by atoms with van der Waals surface area (Å²) in [5.41, 5.74) is -9.85. The van der Waals surface area contributed by atoms with Gasteiger partial charge in [0.2, 0.25) is 43.5 Å². The molecule has 0 radical (unpaired) electrons. The van der Waals surface area contributed by atoms with Crippen LogP contribution in [-0.2, 0) is 31.4 Å². The van der Waals surface area contributed by atoms with Gasteiger partial charge in [-0.2, -0.15) is 52.7 Å². The van der Waals surface area contributed by atoms with Crippen molar-refractivity contribution in [1.82, 2.24) is 0 Å². The largest absolute Gasteiger partial charge is 0.481 e. The van der Waals surface area contributed by atoms with Crippen LogP contribution in [0.15, 0.2) is 12.2 Å². The van der Waals surface area contributed by atoms with E-state index in [4.69, 9.17) is 12.3 Å². The first-order chi connectivity index (χ1) is 32.0. The van der Waals surface area contributed by atoms with Crippen LogP contribution in [0.5, 0.6) is 0 Å². The Morgan fingerprint density at radius 3 is 0.778 bits per heavy atom.